The molecule has 2 unspecified atom stereocenters. The van der Waals surface area contributed by atoms with Crippen molar-refractivity contribution in [3.63, 3.8) is 0 Å². The lowest BCUT2D eigenvalue weighted by molar-refractivity contribution is -0.152. The molecule has 1 amide bonds. The zero-order chi connectivity index (χ0) is 14.0. The molecule has 0 aliphatic carbocycles. The van der Waals surface area contributed by atoms with Crippen molar-refractivity contribution in [1.29, 1.82) is 0 Å². The summed E-state index contributed by atoms with van der Waals surface area (Å²) >= 11 is 1.46. The highest BCUT2D eigenvalue weighted by atomic mass is 32.2. The maximum atomic E-state index is 11.6. The van der Waals surface area contributed by atoms with Crippen LogP contribution in [0.2, 0.25) is 0 Å². The number of nitrogens with zero attached hydrogens (tertiary/aromatic N) is 1. The second-order valence-electron chi connectivity index (χ2n) is 5.21. The monoisotopic (exact) mass is 287 g/mol. The number of β-lactam (4-membered cyclic amide) rings is 1. The van der Waals surface area contributed by atoms with Crippen molar-refractivity contribution in [3.05, 3.63) is 0 Å². The first-order valence-corrected chi connectivity index (χ1v) is 7.73. The van der Waals surface area contributed by atoms with Crippen molar-refractivity contribution in [1.82, 2.24) is 10.2 Å². The third kappa shape index (κ3) is 2.59. The highest BCUT2D eigenvalue weighted by molar-refractivity contribution is 8.00. The third-order valence-electron chi connectivity index (χ3n) is 3.78. The molecule has 0 aromatic rings. The number of rotatable bonds is 6. The van der Waals surface area contributed by atoms with Crippen molar-refractivity contribution in [3.8, 4) is 0 Å². The smallest absolute Gasteiger partial charge is 0.326 e. The molecular formula is C12H21N3O3S. The van der Waals surface area contributed by atoms with Crippen molar-refractivity contribution in [2.24, 2.45) is 5.73 Å². The number of nitrogens with two attached hydrogens (primary N) is 1. The molecule has 2 heterocycles. The molecule has 0 aromatic carbocycles. The van der Waals surface area contributed by atoms with Crippen LogP contribution in [0.5, 0.6) is 0 Å². The predicted molar refractivity (Wildman–Crippen MR) is 73.8 cm³/mol. The first-order valence-electron chi connectivity index (χ1n) is 6.68. The average molecular weight is 287 g/mol. The number of fused-ring (bicyclic) bond motifs is 1. The second kappa shape index (κ2) is 5.68. The topological polar surface area (TPSA) is 95.7 Å². The summed E-state index contributed by atoms with van der Waals surface area (Å²) in [5.74, 6) is -0.572. The van der Waals surface area contributed by atoms with E-state index in [1.54, 1.807) is 4.90 Å². The van der Waals surface area contributed by atoms with E-state index >= 15 is 0 Å². The molecule has 2 saturated heterocycles. The summed E-state index contributed by atoms with van der Waals surface area (Å²) in [6.45, 7) is 2.99. The van der Waals surface area contributed by atoms with Gasteiger partial charge in [0, 0.05) is 5.75 Å². The Balaban J connectivity index is 1.97. The quantitative estimate of drug-likeness (QED) is 0.464. The lowest BCUT2D eigenvalue weighted by Crippen LogP contribution is -2.76. The van der Waals surface area contributed by atoms with Crippen LogP contribution in [-0.4, -0.2) is 57.7 Å². The third-order valence-corrected chi connectivity index (χ3v) is 5.33. The standard InChI is InChI=1S/C12H21N3O3S/c1-2-3-4-5-14-12(11(17)18)6-15-9(16)8(13)10(15)19-7-12/h8,10,14H,2-7,13H2,1H3,(H,17,18)/t8?,10-,12?/m1/s1. The molecule has 0 bridgehead atoms. The Morgan fingerprint density at radius 3 is 3.00 bits per heavy atom. The average Bonchev–Trinajstić information content (AvgIpc) is 2.42. The van der Waals surface area contributed by atoms with Crippen molar-refractivity contribution >= 4 is 23.6 Å². The van der Waals surface area contributed by atoms with E-state index in [0.717, 1.165) is 19.3 Å². The van der Waals surface area contributed by atoms with Gasteiger partial charge in [0.15, 0.2) is 0 Å². The number of carboxylic acid groups (broad SMARTS) is 1. The summed E-state index contributed by atoms with van der Waals surface area (Å²) in [6, 6.07) is -0.461. The van der Waals surface area contributed by atoms with Crippen LogP contribution < -0.4 is 11.1 Å². The molecule has 4 N–H and O–H groups in total. The van der Waals surface area contributed by atoms with Crippen LogP contribution in [0.4, 0.5) is 0 Å². The van der Waals surface area contributed by atoms with Crippen LogP contribution >= 0.6 is 11.8 Å². The molecule has 2 fully saturated rings. The Kier molecular flexibility index (Phi) is 4.37. The lowest BCUT2D eigenvalue weighted by Gasteiger charge is -2.52. The normalized spacial score (nSPS) is 33.8. The Labute approximate surface area is 117 Å². The molecule has 6 nitrogen and oxygen atoms in total. The van der Waals surface area contributed by atoms with E-state index in [2.05, 4.69) is 12.2 Å². The maximum absolute atomic E-state index is 11.6. The fourth-order valence-electron chi connectivity index (χ4n) is 2.49. The van der Waals surface area contributed by atoms with Crippen LogP contribution in [0.3, 0.4) is 0 Å². The summed E-state index contributed by atoms with van der Waals surface area (Å²) < 4.78 is 0. The van der Waals surface area contributed by atoms with Gasteiger partial charge in [0.2, 0.25) is 5.91 Å². The Morgan fingerprint density at radius 2 is 2.37 bits per heavy atom. The van der Waals surface area contributed by atoms with Gasteiger partial charge in [-0.3, -0.25) is 14.9 Å². The van der Waals surface area contributed by atoms with E-state index in [4.69, 9.17) is 5.73 Å². The van der Waals surface area contributed by atoms with E-state index < -0.39 is 17.6 Å². The molecule has 3 atom stereocenters. The molecule has 19 heavy (non-hydrogen) atoms. The fraction of sp³-hybridized carbons (Fsp3) is 0.833. The molecule has 0 aromatic heterocycles. The van der Waals surface area contributed by atoms with Crippen LogP contribution in [0.25, 0.3) is 0 Å². The van der Waals surface area contributed by atoms with Crippen molar-refractivity contribution in [2.45, 2.75) is 43.1 Å². The zero-order valence-electron chi connectivity index (χ0n) is 11.1. The number of hydrogen-bond donors (Lipinski definition) is 3. The predicted octanol–water partition coefficient (Wildman–Crippen LogP) is -0.168. The zero-order valence-corrected chi connectivity index (χ0v) is 11.9. The molecule has 108 valence electrons. The van der Waals surface area contributed by atoms with Gasteiger partial charge in [0.25, 0.3) is 0 Å². The summed E-state index contributed by atoms with van der Waals surface area (Å²) in [6.07, 6.45) is 3.12. The molecule has 2 aliphatic heterocycles. The number of hydrogen-bond acceptors (Lipinski definition) is 5. The van der Waals surface area contributed by atoms with Crippen LogP contribution in [0.15, 0.2) is 0 Å². The number of thioether (sulfide) groups is 1. The van der Waals surface area contributed by atoms with Crippen molar-refractivity contribution in [2.75, 3.05) is 18.8 Å². The van der Waals surface area contributed by atoms with Crippen LogP contribution in [0.1, 0.15) is 26.2 Å². The van der Waals surface area contributed by atoms with Gasteiger partial charge in [-0.1, -0.05) is 19.8 Å². The fourth-order valence-corrected chi connectivity index (χ4v) is 3.94. The highest BCUT2D eigenvalue weighted by Gasteiger charge is 2.55. The van der Waals surface area contributed by atoms with Crippen LogP contribution in [0, 0.1) is 0 Å². The van der Waals surface area contributed by atoms with Gasteiger partial charge in [0.05, 0.1) is 6.54 Å². The minimum Gasteiger partial charge on any atom is -0.480 e. The van der Waals surface area contributed by atoms with Gasteiger partial charge < -0.3 is 15.7 Å². The summed E-state index contributed by atoms with van der Waals surface area (Å²) in [5, 5.41) is 12.6. The van der Waals surface area contributed by atoms with E-state index in [1.807, 2.05) is 0 Å². The molecule has 0 saturated carbocycles. The van der Waals surface area contributed by atoms with E-state index in [9.17, 15) is 14.7 Å². The summed E-state index contributed by atoms with van der Waals surface area (Å²) in [5.41, 5.74) is 4.68. The summed E-state index contributed by atoms with van der Waals surface area (Å²) in [7, 11) is 0. The van der Waals surface area contributed by atoms with Crippen molar-refractivity contribution < 1.29 is 14.7 Å². The van der Waals surface area contributed by atoms with Crippen LogP contribution in [-0.2, 0) is 9.59 Å². The van der Waals surface area contributed by atoms with Gasteiger partial charge in [-0.2, -0.15) is 0 Å². The summed E-state index contributed by atoms with van der Waals surface area (Å²) in [4.78, 5) is 24.8. The first-order chi connectivity index (χ1) is 9.02. The first kappa shape index (κ1) is 14.6. The number of unbranched alkanes of at least 4 members (excludes halogenated alkanes) is 2. The number of amides is 1. The number of carbonyl (C=O) groups is 2. The molecule has 2 rings (SSSR count). The molecule has 2 aliphatic rings. The van der Waals surface area contributed by atoms with E-state index in [1.165, 1.54) is 11.8 Å². The molecule has 0 spiro atoms. The Bertz CT molecular complexity index is 379. The van der Waals surface area contributed by atoms with Gasteiger partial charge in [-0.05, 0) is 13.0 Å². The minimum absolute atomic E-state index is 0.0441. The number of carboxylic acids is 1. The van der Waals surface area contributed by atoms with E-state index in [-0.39, 0.29) is 17.8 Å². The number of aliphatic carboxylic acids is 1. The van der Waals surface area contributed by atoms with Gasteiger partial charge >= 0.3 is 5.97 Å². The number of carbonyl (C=O) groups excluding carboxylic acids is 1. The van der Waals surface area contributed by atoms with Gasteiger partial charge in [0.1, 0.15) is 17.0 Å². The van der Waals surface area contributed by atoms with Gasteiger partial charge in [-0.15, -0.1) is 11.8 Å². The minimum atomic E-state index is -1.02. The lowest BCUT2D eigenvalue weighted by atomic mass is 9.96. The van der Waals surface area contributed by atoms with E-state index in [0.29, 0.717) is 12.3 Å². The maximum Gasteiger partial charge on any atom is 0.326 e. The molecule has 0 radical (unpaired) electrons. The van der Waals surface area contributed by atoms with Gasteiger partial charge in [-0.25, -0.2) is 0 Å². The Hall–Kier alpha value is -0.790. The largest absolute Gasteiger partial charge is 0.480 e. The SMILES string of the molecule is CCCCCNC1(C(=O)O)CS[C@@H]2C(N)C(=O)N2C1. The Morgan fingerprint density at radius 1 is 1.63 bits per heavy atom. The molecular weight excluding hydrogens is 266 g/mol. The molecule has 7 heteroatoms. The number of nitrogens with one attached hydrogen (secondary N) is 1. The second-order valence-corrected chi connectivity index (χ2v) is 6.32. The highest BCUT2D eigenvalue weighted by Crippen LogP contribution is 2.37.